The highest BCUT2D eigenvalue weighted by Crippen LogP contribution is 2.19. The number of primary amides is 1. The number of carbonyl (C=O) groups excluding carboxylic acids is 1. The van der Waals surface area contributed by atoms with Crippen LogP contribution in [-0.2, 0) is 11.3 Å². The third-order valence-corrected chi connectivity index (χ3v) is 3.99. The number of amides is 1. The molecule has 0 aliphatic rings. The summed E-state index contributed by atoms with van der Waals surface area (Å²) in [6.45, 7) is 0.670. The molecule has 3 nitrogen and oxygen atoms in total. The van der Waals surface area contributed by atoms with Crippen molar-refractivity contribution in [1.82, 2.24) is 5.32 Å². The molecule has 0 saturated carbocycles. The van der Waals surface area contributed by atoms with Crippen LogP contribution in [0, 0.1) is 0 Å². The number of nitrogens with one attached hydrogen (secondary N) is 1. The SMILES string of the molecule is NC(=O)C(NCc1cccs1)c1cccs1. The number of rotatable bonds is 5. The molecule has 2 aromatic heterocycles. The molecule has 0 fully saturated rings. The van der Waals surface area contributed by atoms with Gasteiger partial charge in [0.15, 0.2) is 0 Å². The summed E-state index contributed by atoms with van der Waals surface area (Å²) in [6, 6.07) is 7.47. The molecule has 2 aromatic rings. The fourth-order valence-corrected chi connectivity index (χ4v) is 2.88. The maximum absolute atomic E-state index is 11.3. The van der Waals surface area contributed by atoms with Gasteiger partial charge in [0.25, 0.3) is 0 Å². The summed E-state index contributed by atoms with van der Waals surface area (Å²) < 4.78 is 0. The van der Waals surface area contributed by atoms with Crippen molar-refractivity contribution in [2.24, 2.45) is 5.73 Å². The molecule has 0 aromatic carbocycles. The highest BCUT2D eigenvalue weighted by molar-refractivity contribution is 7.10. The smallest absolute Gasteiger partial charge is 0.240 e. The molecule has 5 heteroatoms. The van der Waals surface area contributed by atoms with Crippen molar-refractivity contribution in [3.8, 4) is 0 Å². The van der Waals surface area contributed by atoms with Gasteiger partial charge in [0.1, 0.15) is 6.04 Å². The van der Waals surface area contributed by atoms with Crippen molar-refractivity contribution in [3.05, 3.63) is 44.8 Å². The predicted octanol–water partition coefficient (Wildman–Crippen LogP) is 2.13. The Morgan fingerprint density at radius 2 is 2.06 bits per heavy atom. The standard InChI is InChI=1S/C11H12N2OS2/c12-11(14)10(9-4-2-6-16-9)13-7-8-3-1-5-15-8/h1-6,10,13H,7H2,(H2,12,14). The Labute approximate surface area is 102 Å². The van der Waals surface area contributed by atoms with E-state index in [0.717, 1.165) is 4.88 Å². The highest BCUT2D eigenvalue weighted by atomic mass is 32.1. The zero-order chi connectivity index (χ0) is 11.4. The van der Waals surface area contributed by atoms with Gasteiger partial charge in [-0.05, 0) is 22.9 Å². The van der Waals surface area contributed by atoms with E-state index in [1.807, 2.05) is 35.0 Å². The summed E-state index contributed by atoms with van der Waals surface area (Å²) in [5.41, 5.74) is 5.38. The van der Waals surface area contributed by atoms with Crippen LogP contribution < -0.4 is 11.1 Å². The molecule has 1 amide bonds. The van der Waals surface area contributed by atoms with E-state index in [4.69, 9.17) is 5.73 Å². The molecule has 0 spiro atoms. The van der Waals surface area contributed by atoms with Crippen LogP contribution in [0.3, 0.4) is 0 Å². The lowest BCUT2D eigenvalue weighted by molar-refractivity contribution is -0.120. The maximum atomic E-state index is 11.3. The summed E-state index contributed by atoms with van der Waals surface area (Å²) >= 11 is 3.20. The van der Waals surface area contributed by atoms with E-state index in [9.17, 15) is 4.79 Å². The first-order valence-corrected chi connectivity index (χ1v) is 6.62. The van der Waals surface area contributed by atoms with Gasteiger partial charge < -0.3 is 5.73 Å². The van der Waals surface area contributed by atoms with E-state index in [0.29, 0.717) is 6.54 Å². The monoisotopic (exact) mass is 252 g/mol. The molecule has 1 unspecified atom stereocenters. The molecule has 1 atom stereocenters. The molecule has 0 aliphatic carbocycles. The lowest BCUT2D eigenvalue weighted by atomic mass is 10.2. The van der Waals surface area contributed by atoms with Crippen LogP contribution in [0.25, 0.3) is 0 Å². The Morgan fingerprint density at radius 1 is 1.31 bits per heavy atom. The first-order valence-electron chi connectivity index (χ1n) is 4.86. The molecule has 84 valence electrons. The van der Waals surface area contributed by atoms with E-state index in [1.54, 1.807) is 11.3 Å². The van der Waals surface area contributed by atoms with E-state index >= 15 is 0 Å². The molecule has 0 aliphatic heterocycles. The first-order chi connectivity index (χ1) is 7.77. The second-order valence-corrected chi connectivity index (χ2v) is 5.32. The number of nitrogens with two attached hydrogens (primary N) is 1. The van der Waals surface area contributed by atoms with Gasteiger partial charge in [-0.2, -0.15) is 0 Å². The van der Waals surface area contributed by atoms with Crippen LogP contribution in [0.5, 0.6) is 0 Å². The average molecular weight is 252 g/mol. The van der Waals surface area contributed by atoms with Crippen LogP contribution in [0.15, 0.2) is 35.0 Å². The van der Waals surface area contributed by atoms with Gasteiger partial charge >= 0.3 is 0 Å². The van der Waals surface area contributed by atoms with Gasteiger partial charge in [-0.1, -0.05) is 12.1 Å². The Hall–Kier alpha value is -1.17. The van der Waals surface area contributed by atoms with Gasteiger partial charge in [0, 0.05) is 16.3 Å². The molecule has 0 saturated heterocycles. The summed E-state index contributed by atoms with van der Waals surface area (Å²) in [5.74, 6) is -0.334. The molecule has 3 N–H and O–H groups in total. The minimum Gasteiger partial charge on any atom is -0.368 e. The molecule has 0 radical (unpaired) electrons. The maximum Gasteiger partial charge on any atom is 0.240 e. The van der Waals surface area contributed by atoms with E-state index in [-0.39, 0.29) is 11.9 Å². The summed E-state index contributed by atoms with van der Waals surface area (Å²) in [6.07, 6.45) is 0. The second kappa shape index (κ2) is 5.25. The molecule has 0 bridgehead atoms. The predicted molar refractivity (Wildman–Crippen MR) is 67.4 cm³/mol. The van der Waals surface area contributed by atoms with Crippen LogP contribution in [0.2, 0.25) is 0 Å². The van der Waals surface area contributed by atoms with Crippen molar-refractivity contribution >= 4 is 28.6 Å². The fourth-order valence-electron chi connectivity index (χ4n) is 1.41. The number of thiophene rings is 2. The van der Waals surface area contributed by atoms with E-state index in [2.05, 4.69) is 5.32 Å². The molecule has 2 rings (SSSR count). The molecule has 16 heavy (non-hydrogen) atoms. The molecular weight excluding hydrogens is 240 g/mol. The third kappa shape index (κ3) is 2.69. The summed E-state index contributed by atoms with van der Waals surface area (Å²) in [7, 11) is 0. The first kappa shape index (κ1) is 11.3. The van der Waals surface area contributed by atoms with Gasteiger partial charge in [-0.3, -0.25) is 10.1 Å². The minimum absolute atomic E-state index is 0.334. The summed E-state index contributed by atoms with van der Waals surface area (Å²) in [5, 5.41) is 7.13. The van der Waals surface area contributed by atoms with E-state index in [1.165, 1.54) is 16.2 Å². The van der Waals surface area contributed by atoms with Crippen LogP contribution in [-0.4, -0.2) is 5.91 Å². The Kier molecular flexibility index (Phi) is 3.71. The van der Waals surface area contributed by atoms with Gasteiger partial charge in [-0.15, -0.1) is 22.7 Å². The highest BCUT2D eigenvalue weighted by Gasteiger charge is 2.17. The zero-order valence-corrected chi connectivity index (χ0v) is 10.2. The molecule has 2 heterocycles. The van der Waals surface area contributed by atoms with Crippen molar-refractivity contribution in [3.63, 3.8) is 0 Å². The lowest BCUT2D eigenvalue weighted by Gasteiger charge is -2.12. The number of hydrogen-bond acceptors (Lipinski definition) is 4. The topological polar surface area (TPSA) is 55.1 Å². The van der Waals surface area contributed by atoms with Gasteiger partial charge in [-0.25, -0.2) is 0 Å². The lowest BCUT2D eigenvalue weighted by Crippen LogP contribution is -2.32. The summed E-state index contributed by atoms with van der Waals surface area (Å²) in [4.78, 5) is 13.5. The van der Waals surface area contributed by atoms with Crippen LogP contribution in [0.1, 0.15) is 15.8 Å². The minimum atomic E-state index is -0.387. The zero-order valence-electron chi connectivity index (χ0n) is 8.55. The van der Waals surface area contributed by atoms with Gasteiger partial charge in [0.2, 0.25) is 5.91 Å². The van der Waals surface area contributed by atoms with Crippen molar-refractivity contribution in [2.45, 2.75) is 12.6 Å². The molecular formula is C11H12N2OS2. The third-order valence-electron chi connectivity index (χ3n) is 2.17. The Balaban J connectivity index is 2.02. The fraction of sp³-hybridized carbons (Fsp3) is 0.182. The average Bonchev–Trinajstić information content (AvgIpc) is 2.88. The number of hydrogen-bond donors (Lipinski definition) is 2. The second-order valence-electron chi connectivity index (χ2n) is 3.31. The Morgan fingerprint density at radius 3 is 2.62 bits per heavy atom. The largest absolute Gasteiger partial charge is 0.368 e. The van der Waals surface area contributed by atoms with Crippen LogP contribution in [0.4, 0.5) is 0 Å². The van der Waals surface area contributed by atoms with E-state index < -0.39 is 0 Å². The van der Waals surface area contributed by atoms with Gasteiger partial charge in [0.05, 0.1) is 0 Å². The quantitative estimate of drug-likeness (QED) is 0.856. The van der Waals surface area contributed by atoms with Crippen LogP contribution >= 0.6 is 22.7 Å². The normalized spacial score (nSPS) is 12.5. The van der Waals surface area contributed by atoms with Crippen molar-refractivity contribution < 1.29 is 4.79 Å². The van der Waals surface area contributed by atoms with Crippen molar-refractivity contribution in [1.29, 1.82) is 0 Å². The number of carbonyl (C=O) groups is 1. The van der Waals surface area contributed by atoms with Crippen molar-refractivity contribution in [2.75, 3.05) is 0 Å². The Bertz CT molecular complexity index is 437.